The Hall–Kier alpha value is -1.80. The minimum absolute atomic E-state index is 0.324. The molecule has 0 radical (unpaired) electrons. The Balaban J connectivity index is 4.51. The molecule has 0 aliphatic heterocycles. The van der Waals surface area contributed by atoms with Crippen molar-refractivity contribution < 1.29 is 32.7 Å². The van der Waals surface area contributed by atoms with Crippen LogP contribution in [0.3, 0.4) is 0 Å². The van der Waals surface area contributed by atoms with E-state index in [9.17, 15) is 27.6 Å². The van der Waals surface area contributed by atoms with Gasteiger partial charge in [-0.2, -0.15) is 13.2 Å². The Morgan fingerprint density at radius 2 is 1.57 bits per heavy atom. The maximum Gasteiger partial charge on any atom is 0.405 e. The number of alkyl halides is 3. The topological polar surface area (TPSA) is 95.5 Å². The summed E-state index contributed by atoms with van der Waals surface area (Å²) in [6, 6.07) is 0. The Morgan fingerprint density at radius 1 is 1.05 bits per heavy atom. The first-order chi connectivity index (χ1) is 9.53. The lowest BCUT2D eigenvalue weighted by Gasteiger charge is -2.31. The van der Waals surface area contributed by atoms with Gasteiger partial charge in [-0.05, 0) is 12.8 Å². The molecule has 0 aliphatic carbocycles. The first kappa shape index (κ1) is 19.2. The third-order valence-corrected chi connectivity index (χ3v) is 3.05. The van der Waals surface area contributed by atoms with Crippen molar-refractivity contribution in [3.63, 3.8) is 0 Å². The average Bonchev–Trinajstić information content (AvgIpc) is 2.34. The molecule has 122 valence electrons. The van der Waals surface area contributed by atoms with E-state index < -0.39 is 42.5 Å². The molecule has 0 fully saturated rings. The summed E-state index contributed by atoms with van der Waals surface area (Å²) in [6.07, 6.45) is -5.00. The van der Waals surface area contributed by atoms with Crippen molar-refractivity contribution >= 4 is 17.8 Å². The minimum Gasteiger partial charge on any atom is -0.481 e. The third kappa shape index (κ3) is 8.16. The Kier molecular flexibility index (Phi) is 7.17. The van der Waals surface area contributed by atoms with Crippen LogP contribution in [0.1, 0.15) is 39.5 Å². The Labute approximate surface area is 120 Å². The van der Waals surface area contributed by atoms with Gasteiger partial charge in [0, 0.05) is 5.54 Å². The van der Waals surface area contributed by atoms with Crippen LogP contribution in [0.25, 0.3) is 0 Å². The fraction of sp³-hybridized carbons (Fsp3) is 0.750. The van der Waals surface area contributed by atoms with Gasteiger partial charge in [-0.25, -0.2) is 0 Å². The van der Waals surface area contributed by atoms with Crippen molar-refractivity contribution in [3.05, 3.63) is 0 Å². The summed E-state index contributed by atoms with van der Waals surface area (Å²) in [4.78, 5) is 33.6. The smallest absolute Gasteiger partial charge is 0.405 e. The highest BCUT2D eigenvalue weighted by Gasteiger charge is 2.32. The Morgan fingerprint density at radius 3 is 1.95 bits per heavy atom. The molecule has 0 aromatic heterocycles. The lowest BCUT2D eigenvalue weighted by atomic mass is 9.89. The molecular formula is C12H19F3N2O4. The van der Waals surface area contributed by atoms with Crippen LogP contribution in [0.5, 0.6) is 0 Å². The number of halogens is 3. The van der Waals surface area contributed by atoms with Gasteiger partial charge in [0.25, 0.3) is 0 Å². The van der Waals surface area contributed by atoms with Crippen LogP contribution < -0.4 is 10.6 Å². The molecule has 0 saturated heterocycles. The second kappa shape index (κ2) is 7.84. The van der Waals surface area contributed by atoms with E-state index in [4.69, 9.17) is 5.11 Å². The van der Waals surface area contributed by atoms with Crippen LogP contribution in [-0.4, -0.2) is 41.2 Å². The van der Waals surface area contributed by atoms with Gasteiger partial charge >= 0.3 is 12.1 Å². The van der Waals surface area contributed by atoms with E-state index in [1.165, 1.54) is 0 Å². The van der Waals surface area contributed by atoms with Crippen molar-refractivity contribution in [1.29, 1.82) is 0 Å². The van der Waals surface area contributed by atoms with Gasteiger partial charge in [0.2, 0.25) is 11.8 Å². The zero-order chi connectivity index (χ0) is 16.7. The first-order valence-electron chi connectivity index (χ1n) is 6.40. The zero-order valence-electron chi connectivity index (χ0n) is 11.8. The number of amides is 2. The van der Waals surface area contributed by atoms with Crippen molar-refractivity contribution in [2.24, 2.45) is 0 Å². The monoisotopic (exact) mass is 312 g/mol. The molecule has 0 aliphatic rings. The SMILES string of the molecule is CCC(CC)(CC(=O)O)NC(=O)CC(=O)NCC(F)(F)F. The largest absolute Gasteiger partial charge is 0.481 e. The molecule has 0 aromatic rings. The fourth-order valence-corrected chi connectivity index (χ4v) is 1.76. The number of carboxylic acids is 1. The van der Waals surface area contributed by atoms with Crippen LogP contribution in [0.4, 0.5) is 13.2 Å². The normalized spacial score (nSPS) is 11.9. The standard InChI is InChI=1S/C12H19F3N2O4/c1-3-11(4-2,6-10(20)21)17-9(19)5-8(18)16-7-12(13,14)15/h3-7H2,1-2H3,(H,16,18)(H,17,19)(H,20,21). The third-order valence-electron chi connectivity index (χ3n) is 3.05. The van der Waals surface area contributed by atoms with Gasteiger partial charge in [0.15, 0.2) is 0 Å². The van der Waals surface area contributed by atoms with E-state index in [0.717, 1.165) is 0 Å². The molecule has 0 unspecified atom stereocenters. The van der Waals surface area contributed by atoms with E-state index in [1.807, 2.05) is 0 Å². The van der Waals surface area contributed by atoms with Crippen molar-refractivity contribution in [2.45, 2.75) is 51.2 Å². The molecule has 2 amide bonds. The highest BCUT2D eigenvalue weighted by atomic mass is 19.4. The summed E-state index contributed by atoms with van der Waals surface area (Å²) >= 11 is 0. The average molecular weight is 312 g/mol. The molecule has 0 spiro atoms. The van der Waals surface area contributed by atoms with Crippen molar-refractivity contribution in [3.8, 4) is 0 Å². The van der Waals surface area contributed by atoms with Gasteiger partial charge in [0.05, 0.1) is 6.42 Å². The molecular weight excluding hydrogens is 293 g/mol. The molecule has 0 heterocycles. The number of nitrogens with one attached hydrogen (secondary N) is 2. The number of carbonyl (C=O) groups excluding carboxylic acids is 2. The maximum atomic E-state index is 11.9. The Bertz CT molecular complexity index is 392. The zero-order valence-corrected chi connectivity index (χ0v) is 11.8. The molecule has 0 aromatic carbocycles. The molecule has 0 saturated carbocycles. The number of rotatable bonds is 8. The van der Waals surface area contributed by atoms with Crippen LogP contribution in [0.15, 0.2) is 0 Å². The van der Waals surface area contributed by atoms with Crippen LogP contribution in [0.2, 0.25) is 0 Å². The van der Waals surface area contributed by atoms with Crippen LogP contribution >= 0.6 is 0 Å². The van der Waals surface area contributed by atoms with Crippen molar-refractivity contribution in [1.82, 2.24) is 10.6 Å². The molecule has 21 heavy (non-hydrogen) atoms. The van der Waals surface area contributed by atoms with Gasteiger partial charge in [0.1, 0.15) is 13.0 Å². The van der Waals surface area contributed by atoms with E-state index >= 15 is 0 Å². The van der Waals surface area contributed by atoms with Crippen molar-refractivity contribution in [2.75, 3.05) is 6.54 Å². The van der Waals surface area contributed by atoms with E-state index in [1.54, 1.807) is 19.2 Å². The molecule has 0 rings (SSSR count). The lowest BCUT2D eigenvalue weighted by molar-refractivity contribution is -0.141. The summed E-state index contributed by atoms with van der Waals surface area (Å²) in [5, 5.41) is 12.8. The summed E-state index contributed by atoms with van der Waals surface area (Å²) in [5.74, 6) is -2.98. The number of hydrogen-bond acceptors (Lipinski definition) is 3. The summed E-state index contributed by atoms with van der Waals surface area (Å²) in [5.41, 5.74) is -1.01. The van der Waals surface area contributed by atoms with Gasteiger partial charge in [-0.3, -0.25) is 14.4 Å². The molecule has 9 heteroatoms. The van der Waals surface area contributed by atoms with E-state index in [2.05, 4.69) is 5.32 Å². The van der Waals surface area contributed by atoms with Gasteiger partial charge in [-0.1, -0.05) is 13.8 Å². The quantitative estimate of drug-likeness (QED) is 0.587. The second-order valence-electron chi connectivity index (χ2n) is 4.67. The second-order valence-corrected chi connectivity index (χ2v) is 4.67. The number of aliphatic carboxylic acids is 1. The number of hydrogen-bond donors (Lipinski definition) is 3. The summed E-state index contributed by atoms with van der Waals surface area (Å²) in [6.45, 7) is 1.84. The molecule has 6 nitrogen and oxygen atoms in total. The highest BCUT2D eigenvalue weighted by molar-refractivity contribution is 5.97. The molecule has 0 atom stereocenters. The van der Waals surface area contributed by atoms with E-state index in [-0.39, 0.29) is 6.42 Å². The predicted molar refractivity (Wildman–Crippen MR) is 67.4 cm³/mol. The summed E-state index contributed by atoms with van der Waals surface area (Å²) in [7, 11) is 0. The summed E-state index contributed by atoms with van der Waals surface area (Å²) < 4.78 is 35.7. The highest BCUT2D eigenvalue weighted by Crippen LogP contribution is 2.20. The molecule has 3 N–H and O–H groups in total. The molecule has 0 bridgehead atoms. The fourth-order valence-electron chi connectivity index (χ4n) is 1.76. The van der Waals surface area contributed by atoms with E-state index in [0.29, 0.717) is 12.8 Å². The van der Waals surface area contributed by atoms with Crippen LogP contribution in [0, 0.1) is 0 Å². The predicted octanol–water partition coefficient (Wildman–Crippen LogP) is 1.20. The van der Waals surface area contributed by atoms with Crippen LogP contribution in [-0.2, 0) is 14.4 Å². The van der Waals surface area contributed by atoms with Gasteiger partial charge in [-0.15, -0.1) is 0 Å². The minimum atomic E-state index is -4.55. The number of carboxylic acid groups (broad SMARTS) is 1. The number of carbonyl (C=O) groups is 3. The first-order valence-corrected chi connectivity index (χ1v) is 6.40. The van der Waals surface area contributed by atoms with Gasteiger partial charge < -0.3 is 15.7 Å². The maximum absolute atomic E-state index is 11.9. The lowest BCUT2D eigenvalue weighted by Crippen LogP contribution is -2.50.